The van der Waals surface area contributed by atoms with Crippen LogP contribution in [0.4, 0.5) is 11.6 Å². The zero-order chi connectivity index (χ0) is 18.2. The summed E-state index contributed by atoms with van der Waals surface area (Å²) in [5.41, 5.74) is 1.14. The summed E-state index contributed by atoms with van der Waals surface area (Å²) in [5, 5.41) is 3.14. The molecule has 2 aromatic rings. The third-order valence-corrected chi connectivity index (χ3v) is 3.56. The van der Waals surface area contributed by atoms with E-state index in [9.17, 15) is 4.79 Å². The van der Waals surface area contributed by atoms with Crippen LogP contribution >= 0.6 is 0 Å². The van der Waals surface area contributed by atoms with E-state index >= 15 is 0 Å². The Bertz CT molecular complexity index is 703. The molecular weight excluding hydrogens is 316 g/mol. The second-order valence-electron chi connectivity index (χ2n) is 6.13. The second kappa shape index (κ2) is 9.01. The van der Waals surface area contributed by atoms with Crippen molar-refractivity contribution in [2.24, 2.45) is 0 Å². The number of para-hydroxylation sites is 2. The van der Waals surface area contributed by atoms with E-state index in [1.54, 1.807) is 24.2 Å². The third-order valence-electron chi connectivity index (χ3n) is 3.56. The maximum atomic E-state index is 12.5. The Hall–Kier alpha value is -2.63. The lowest BCUT2D eigenvalue weighted by molar-refractivity contribution is 0.0787. The fourth-order valence-corrected chi connectivity index (χ4v) is 2.28. The number of hydrogen-bond donors (Lipinski definition) is 1. The molecule has 0 aliphatic carbocycles. The van der Waals surface area contributed by atoms with E-state index in [0.717, 1.165) is 24.3 Å². The number of benzene rings is 1. The Balaban J connectivity index is 2.16. The molecule has 0 saturated heterocycles. The topological polar surface area (TPSA) is 67.4 Å². The number of nitrogens with one attached hydrogen (secondary N) is 1. The maximum absolute atomic E-state index is 12.5. The van der Waals surface area contributed by atoms with Crippen LogP contribution in [0, 0.1) is 0 Å². The summed E-state index contributed by atoms with van der Waals surface area (Å²) in [7, 11) is 1.79. The minimum absolute atomic E-state index is 0.0593. The Labute approximate surface area is 149 Å². The van der Waals surface area contributed by atoms with Gasteiger partial charge in [0.05, 0.1) is 11.8 Å². The van der Waals surface area contributed by atoms with E-state index in [1.807, 2.05) is 38.1 Å². The van der Waals surface area contributed by atoms with Crippen molar-refractivity contribution in [1.29, 1.82) is 0 Å². The number of hydrogen-bond acceptors (Lipinski definition) is 5. The molecule has 0 radical (unpaired) electrons. The summed E-state index contributed by atoms with van der Waals surface area (Å²) >= 11 is 0. The molecule has 134 valence electrons. The van der Waals surface area contributed by atoms with E-state index in [-0.39, 0.29) is 12.0 Å². The highest BCUT2D eigenvalue weighted by atomic mass is 16.5. The molecule has 6 heteroatoms. The maximum Gasteiger partial charge on any atom is 0.272 e. The summed E-state index contributed by atoms with van der Waals surface area (Å²) < 4.78 is 5.78. The van der Waals surface area contributed by atoms with E-state index in [2.05, 4.69) is 22.2 Å². The molecule has 1 heterocycles. The van der Waals surface area contributed by atoms with Gasteiger partial charge in [-0.1, -0.05) is 25.5 Å². The van der Waals surface area contributed by atoms with Crippen molar-refractivity contribution in [2.45, 2.75) is 39.7 Å². The Morgan fingerprint density at radius 1 is 1.28 bits per heavy atom. The molecule has 0 aliphatic heterocycles. The Morgan fingerprint density at radius 3 is 2.76 bits per heavy atom. The highest BCUT2D eigenvalue weighted by molar-refractivity contribution is 5.92. The summed E-state index contributed by atoms with van der Waals surface area (Å²) in [5.74, 6) is 0.984. The normalized spacial score (nSPS) is 10.6. The van der Waals surface area contributed by atoms with Crippen LogP contribution in [0.2, 0.25) is 0 Å². The molecule has 0 unspecified atom stereocenters. The van der Waals surface area contributed by atoms with Crippen molar-refractivity contribution in [3.8, 4) is 5.75 Å². The highest BCUT2D eigenvalue weighted by Gasteiger charge is 2.14. The number of rotatable bonds is 8. The molecule has 1 aromatic carbocycles. The van der Waals surface area contributed by atoms with Crippen LogP contribution in [-0.4, -0.2) is 40.5 Å². The van der Waals surface area contributed by atoms with Crippen molar-refractivity contribution in [1.82, 2.24) is 14.9 Å². The fourth-order valence-electron chi connectivity index (χ4n) is 2.28. The zero-order valence-corrected chi connectivity index (χ0v) is 15.3. The molecule has 25 heavy (non-hydrogen) atoms. The van der Waals surface area contributed by atoms with Gasteiger partial charge in [-0.15, -0.1) is 0 Å². The number of aromatic nitrogens is 2. The number of anilines is 2. The Kier molecular flexibility index (Phi) is 6.74. The molecule has 6 nitrogen and oxygen atoms in total. The lowest BCUT2D eigenvalue weighted by Crippen LogP contribution is -2.28. The number of carbonyl (C=O) groups is 1. The molecule has 1 amide bonds. The summed E-state index contributed by atoms with van der Waals surface area (Å²) in [6.45, 7) is 6.76. The van der Waals surface area contributed by atoms with Gasteiger partial charge in [-0.05, 0) is 38.5 Å². The lowest BCUT2D eigenvalue weighted by atomic mass is 10.3. The first-order valence-corrected chi connectivity index (χ1v) is 8.62. The largest absolute Gasteiger partial charge is 0.489 e. The molecule has 0 spiro atoms. The fraction of sp³-hybridized carbons (Fsp3) is 0.421. The standard InChI is InChI=1S/C19H26N4O2/c1-5-6-13-23(4)18(24)16-11-12-20-19(22-16)21-15-9-7-8-10-17(15)25-14(2)3/h7-12,14H,5-6,13H2,1-4H3,(H,20,21,22). The first kappa shape index (κ1) is 18.7. The van der Waals surface area contributed by atoms with E-state index in [1.165, 1.54) is 0 Å². The molecule has 0 bridgehead atoms. The molecule has 0 fully saturated rings. The monoisotopic (exact) mass is 342 g/mol. The average molecular weight is 342 g/mol. The van der Waals surface area contributed by atoms with Gasteiger partial charge in [-0.3, -0.25) is 4.79 Å². The van der Waals surface area contributed by atoms with Crippen LogP contribution < -0.4 is 10.1 Å². The van der Waals surface area contributed by atoms with E-state index in [4.69, 9.17) is 4.74 Å². The van der Waals surface area contributed by atoms with Crippen molar-refractivity contribution in [3.05, 3.63) is 42.2 Å². The van der Waals surface area contributed by atoms with Gasteiger partial charge in [0.1, 0.15) is 11.4 Å². The van der Waals surface area contributed by atoms with E-state index in [0.29, 0.717) is 18.2 Å². The molecule has 1 aromatic heterocycles. The van der Waals surface area contributed by atoms with Crippen LogP contribution in [0.1, 0.15) is 44.1 Å². The zero-order valence-electron chi connectivity index (χ0n) is 15.3. The van der Waals surface area contributed by atoms with Gasteiger partial charge in [-0.2, -0.15) is 0 Å². The predicted octanol–water partition coefficient (Wildman–Crippen LogP) is 3.88. The second-order valence-corrected chi connectivity index (χ2v) is 6.13. The van der Waals surface area contributed by atoms with Crippen LogP contribution in [0.25, 0.3) is 0 Å². The van der Waals surface area contributed by atoms with Gasteiger partial charge in [0.2, 0.25) is 5.95 Å². The van der Waals surface area contributed by atoms with E-state index < -0.39 is 0 Å². The molecule has 0 aliphatic rings. The van der Waals surface area contributed by atoms with Gasteiger partial charge in [0.15, 0.2) is 0 Å². The number of amides is 1. The van der Waals surface area contributed by atoms with Crippen molar-refractivity contribution in [3.63, 3.8) is 0 Å². The highest BCUT2D eigenvalue weighted by Crippen LogP contribution is 2.27. The number of ether oxygens (including phenoxy) is 1. The SMILES string of the molecule is CCCCN(C)C(=O)c1ccnc(Nc2ccccc2OC(C)C)n1. The van der Waals surface area contributed by atoms with Gasteiger partial charge in [-0.25, -0.2) is 9.97 Å². The average Bonchev–Trinajstić information content (AvgIpc) is 2.60. The Morgan fingerprint density at radius 2 is 2.04 bits per heavy atom. The predicted molar refractivity (Wildman–Crippen MR) is 99.4 cm³/mol. The van der Waals surface area contributed by atoms with Crippen molar-refractivity contribution < 1.29 is 9.53 Å². The summed E-state index contributed by atoms with van der Waals surface area (Å²) in [6.07, 6.45) is 3.66. The van der Waals surface area contributed by atoms with Crippen molar-refractivity contribution >= 4 is 17.5 Å². The third kappa shape index (κ3) is 5.45. The quantitative estimate of drug-likeness (QED) is 0.788. The van der Waals surface area contributed by atoms with Crippen molar-refractivity contribution in [2.75, 3.05) is 18.9 Å². The lowest BCUT2D eigenvalue weighted by Gasteiger charge is -2.17. The minimum Gasteiger partial charge on any atom is -0.489 e. The molecule has 2 rings (SSSR count). The number of unbranched alkanes of at least 4 members (excludes halogenated alkanes) is 1. The molecule has 0 saturated carbocycles. The van der Waals surface area contributed by atoms with Crippen LogP contribution in [0.15, 0.2) is 36.5 Å². The van der Waals surface area contributed by atoms with Crippen LogP contribution in [0.5, 0.6) is 5.75 Å². The first-order valence-electron chi connectivity index (χ1n) is 8.62. The van der Waals surface area contributed by atoms with Gasteiger partial charge >= 0.3 is 0 Å². The van der Waals surface area contributed by atoms with Crippen LogP contribution in [0.3, 0.4) is 0 Å². The van der Waals surface area contributed by atoms with Gasteiger partial charge < -0.3 is 15.0 Å². The van der Waals surface area contributed by atoms with Gasteiger partial charge in [0.25, 0.3) is 5.91 Å². The van der Waals surface area contributed by atoms with Crippen LogP contribution in [-0.2, 0) is 0 Å². The van der Waals surface area contributed by atoms with Gasteiger partial charge in [0, 0.05) is 19.8 Å². The molecule has 0 atom stereocenters. The smallest absolute Gasteiger partial charge is 0.272 e. The number of carbonyl (C=O) groups excluding carboxylic acids is 1. The molecular formula is C19H26N4O2. The number of nitrogens with zero attached hydrogens (tertiary/aromatic N) is 3. The minimum atomic E-state index is -0.106. The molecule has 1 N–H and O–H groups in total. The summed E-state index contributed by atoms with van der Waals surface area (Å²) in [6, 6.07) is 9.22. The summed E-state index contributed by atoms with van der Waals surface area (Å²) in [4.78, 5) is 22.7. The first-order chi connectivity index (χ1) is 12.0.